The summed E-state index contributed by atoms with van der Waals surface area (Å²) in [5.74, 6) is -0.230. The van der Waals surface area contributed by atoms with Gasteiger partial charge in [0.25, 0.3) is 0 Å². The zero-order chi connectivity index (χ0) is 13.8. The molecule has 106 valence electrons. The summed E-state index contributed by atoms with van der Waals surface area (Å²) >= 11 is 6.10. The third-order valence-corrected chi connectivity index (χ3v) is 3.77. The highest BCUT2D eigenvalue weighted by atomic mass is 35.5. The highest BCUT2D eigenvalue weighted by Gasteiger charge is 2.20. The van der Waals surface area contributed by atoms with E-state index >= 15 is 0 Å². The molecule has 0 radical (unpaired) electrons. The molecule has 0 unspecified atom stereocenters. The standard InChI is InChI=1S/C14H20ClFN2O/c1-3-19-14-12(15)8-11(9-13(14)16)10(2)18-6-4-17-5-7-18/h8-10,17H,3-7H2,1-2H3/t10-/m0/s1. The van der Waals surface area contributed by atoms with Gasteiger partial charge >= 0.3 is 0 Å². The second-order valence-corrected chi connectivity index (χ2v) is 5.12. The van der Waals surface area contributed by atoms with Crippen molar-refractivity contribution in [1.29, 1.82) is 0 Å². The van der Waals surface area contributed by atoms with Gasteiger partial charge in [0.05, 0.1) is 11.6 Å². The van der Waals surface area contributed by atoms with Gasteiger partial charge in [-0.15, -0.1) is 0 Å². The van der Waals surface area contributed by atoms with Crippen LogP contribution < -0.4 is 10.1 Å². The van der Waals surface area contributed by atoms with Crippen LogP contribution in [-0.2, 0) is 0 Å². The molecule has 0 aromatic heterocycles. The van der Waals surface area contributed by atoms with Crippen LogP contribution in [0.2, 0.25) is 5.02 Å². The number of hydrogen-bond donors (Lipinski definition) is 1. The molecule has 2 rings (SSSR count). The first-order valence-electron chi connectivity index (χ1n) is 6.70. The number of nitrogens with zero attached hydrogens (tertiary/aromatic N) is 1. The quantitative estimate of drug-likeness (QED) is 0.921. The van der Waals surface area contributed by atoms with Crippen LogP contribution in [0.25, 0.3) is 0 Å². The van der Waals surface area contributed by atoms with Crippen molar-refractivity contribution in [2.45, 2.75) is 19.9 Å². The minimum absolute atomic E-state index is 0.153. The molecule has 1 saturated heterocycles. The molecule has 1 aliphatic heterocycles. The van der Waals surface area contributed by atoms with Crippen molar-refractivity contribution in [3.8, 4) is 5.75 Å². The number of piperazine rings is 1. The average Bonchev–Trinajstić information content (AvgIpc) is 2.43. The van der Waals surface area contributed by atoms with E-state index in [-0.39, 0.29) is 17.6 Å². The maximum atomic E-state index is 14.0. The lowest BCUT2D eigenvalue weighted by atomic mass is 10.1. The van der Waals surface area contributed by atoms with Crippen LogP contribution >= 0.6 is 11.6 Å². The molecule has 1 fully saturated rings. The fourth-order valence-corrected chi connectivity index (χ4v) is 2.65. The average molecular weight is 287 g/mol. The van der Waals surface area contributed by atoms with Crippen LogP contribution in [0.15, 0.2) is 12.1 Å². The molecule has 0 spiro atoms. The smallest absolute Gasteiger partial charge is 0.173 e. The highest BCUT2D eigenvalue weighted by Crippen LogP contribution is 2.33. The Hall–Kier alpha value is -0.840. The van der Waals surface area contributed by atoms with Gasteiger partial charge in [0.1, 0.15) is 0 Å². The van der Waals surface area contributed by atoms with Crippen molar-refractivity contribution in [2.75, 3.05) is 32.8 Å². The molecule has 19 heavy (non-hydrogen) atoms. The normalized spacial score (nSPS) is 18.3. The van der Waals surface area contributed by atoms with E-state index in [1.54, 1.807) is 0 Å². The van der Waals surface area contributed by atoms with Crippen molar-refractivity contribution in [3.63, 3.8) is 0 Å². The van der Waals surface area contributed by atoms with Gasteiger partial charge in [-0.2, -0.15) is 0 Å². The molecule has 0 amide bonds. The van der Waals surface area contributed by atoms with E-state index in [4.69, 9.17) is 16.3 Å². The Balaban J connectivity index is 2.20. The molecule has 1 heterocycles. The first kappa shape index (κ1) is 14.6. The summed E-state index contributed by atoms with van der Waals surface area (Å²) in [4.78, 5) is 2.32. The van der Waals surface area contributed by atoms with E-state index in [2.05, 4.69) is 17.1 Å². The van der Waals surface area contributed by atoms with Gasteiger partial charge in [0, 0.05) is 32.2 Å². The van der Waals surface area contributed by atoms with Crippen molar-refractivity contribution < 1.29 is 9.13 Å². The molecule has 1 aromatic rings. The predicted molar refractivity (Wildman–Crippen MR) is 75.4 cm³/mol. The van der Waals surface area contributed by atoms with Crippen LogP contribution in [0.1, 0.15) is 25.5 Å². The third-order valence-electron chi connectivity index (χ3n) is 3.49. The molecule has 0 saturated carbocycles. The molecule has 1 atom stereocenters. The van der Waals surface area contributed by atoms with Crippen LogP contribution in [0.4, 0.5) is 4.39 Å². The lowest BCUT2D eigenvalue weighted by Crippen LogP contribution is -2.44. The Morgan fingerprint density at radius 1 is 1.42 bits per heavy atom. The second-order valence-electron chi connectivity index (χ2n) is 4.71. The molecular formula is C14H20ClFN2O. The fraction of sp³-hybridized carbons (Fsp3) is 0.571. The summed E-state index contributed by atoms with van der Waals surface area (Å²) < 4.78 is 19.2. The van der Waals surface area contributed by atoms with Crippen LogP contribution in [-0.4, -0.2) is 37.7 Å². The number of benzene rings is 1. The van der Waals surface area contributed by atoms with E-state index in [0.29, 0.717) is 11.6 Å². The van der Waals surface area contributed by atoms with E-state index in [1.165, 1.54) is 6.07 Å². The maximum Gasteiger partial charge on any atom is 0.173 e. The molecule has 0 aliphatic carbocycles. The number of hydrogen-bond acceptors (Lipinski definition) is 3. The van der Waals surface area contributed by atoms with E-state index in [9.17, 15) is 4.39 Å². The molecule has 0 bridgehead atoms. The first-order valence-corrected chi connectivity index (χ1v) is 7.07. The number of nitrogens with one attached hydrogen (secondary N) is 1. The van der Waals surface area contributed by atoms with E-state index < -0.39 is 0 Å². The molecule has 5 heteroatoms. The largest absolute Gasteiger partial charge is 0.489 e. The molecule has 1 N–H and O–H groups in total. The summed E-state index contributed by atoms with van der Waals surface area (Å²) in [6.07, 6.45) is 0. The fourth-order valence-electron chi connectivity index (χ4n) is 2.38. The zero-order valence-electron chi connectivity index (χ0n) is 11.4. The van der Waals surface area contributed by atoms with Crippen LogP contribution in [0.5, 0.6) is 5.75 Å². The molecular weight excluding hydrogens is 267 g/mol. The van der Waals surface area contributed by atoms with Crippen LogP contribution in [0, 0.1) is 5.82 Å². The number of rotatable bonds is 4. The lowest BCUT2D eigenvalue weighted by Gasteiger charge is -2.33. The van der Waals surface area contributed by atoms with E-state index in [0.717, 1.165) is 31.7 Å². The first-order chi connectivity index (χ1) is 9.13. The van der Waals surface area contributed by atoms with Gasteiger partial charge in [0.15, 0.2) is 11.6 Å². The SMILES string of the molecule is CCOc1c(F)cc([C@H](C)N2CCNCC2)cc1Cl. The minimum atomic E-state index is -0.383. The second kappa shape index (κ2) is 6.55. The maximum absolute atomic E-state index is 14.0. The Bertz CT molecular complexity index is 412. The summed E-state index contributed by atoms with van der Waals surface area (Å²) in [7, 11) is 0. The summed E-state index contributed by atoms with van der Waals surface area (Å²) in [5, 5.41) is 3.65. The third kappa shape index (κ3) is 3.38. The predicted octanol–water partition coefficient (Wildman–Crippen LogP) is 2.84. The van der Waals surface area contributed by atoms with Crippen LogP contribution in [0.3, 0.4) is 0 Å². The van der Waals surface area contributed by atoms with Gasteiger partial charge in [-0.05, 0) is 31.5 Å². The molecule has 1 aromatic carbocycles. The highest BCUT2D eigenvalue weighted by molar-refractivity contribution is 6.32. The minimum Gasteiger partial charge on any atom is -0.489 e. The summed E-state index contributed by atoms with van der Waals surface area (Å²) in [6, 6.07) is 3.50. The Labute approximate surface area is 118 Å². The van der Waals surface area contributed by atoms with Gasteiger partial charge in [0.2, 0.25) is 0 Å². The number of ether oxygens (including phenoxy) is 1. The van der Waals surface area contributed by atoms with Gasteiger partial charge < -0.3 is 10.1 Å². The zero-order valence-corrected chi connectivity index (χ0v) is 12.1. The Kier molecular flexibility index (Phi) is 5.02. The van der Waals surface area contributed by atoms with Gasteiger partial charge in [-0.1, -0.05) is 11.6 Å². The molecule has 3 nitrogen and oxygen atoms in total. The number of halogens is 2. The summed E-state index contributed by atoms with van der Waals surface area (Å²) in [6.45, 7) is 8.17. The van der Waals surface area contributed by atoms with Gasteiger partial charge in [-0.3, -0.25) is 4.90 Å². The molecule has 1 aliphatic rings. The van der Waals surface area contributed by atoms with Gasteiger partial charge in [-0.25, -0.2) is 4.39 Å². The van der Waals surface area contributed by atoms with Crippen molar-refractivity contribution in [1.82, 2.24) is 10.2 Å². The topological polar surface area (TPSA) is 24.5 Å². The lowest BCUT2D eigenvalue weighted by molar-refractivity contribution is 0.185. The Morgan fingerprint density at radius 2 is 2.11 bits per heavy atom. The van der Waals surface area contributed by atoms with Crippen molar-refractivity contribution >= 4 is 11.6 Å². The van der Waals surface area contributed by atoms with E-state index in [1.807, 2.05) is 13.0 Å². The Morgan fingerprint density at radius 3 is 2.68 bits per heavy atom. The summed E-state index contributed by atoms with van der Waals surface area (Å²) in [5.41, 5.74) is 0.896. The monoisotopic (exact) mass is 286 g/mol. The van der Waals surface area contributed by atoms with Crippen molar-refractivity contribution in [2.24, 2.45) is 0 Å². The van der Waals surface area contributed by atoms with Crippen molar-refractivity contribution in [3.05, 3.63) is 28.5 Å².